The summed E-state index contributed by atoms with van der Waals surface area (Å²) >= 11 is 0. The van der Waals surface area contributed by atoms with Crippen LogP contribution in [0.5, 0.6) is 0 Å². The Morgan fingerprint density at radius 3 is 2.74 bits per heavy atom. The number of rotatable bonds is 1. The Morgan fingerprint density at radius 1 is 1.16 bits per heavy atom. The lowest BCUT2D eigenvalue weighted by Crippen LogP contribution is -2.00. The summed E-state index contributed by atoms with van der Waals surface area (Å²) in [4.78, 5) is 14.7. The Morgan fingerprint density at radius 2 is 2.00 bits per heavy atom. The molecule has 19 heavy (non-hydrogen) atoms. The highest BCUT2D eigenvalue weighted by Gasteiger charge is 2.09. The normalized spacial score (nSPS) is 10.5. The maximum Gasteiger partial charge on any atom is 0.337 e. The average molecular weight is 250 g/mol. The molecule has 1 N–H and O–H groups in total. The summed E-state index contributed by atoms with van der Waals surface area (Å²) in [5.74, 6) is -0.363. The predicted octanol–water partition coefficient (Wildman–Crippen LogP) is 2.98. The minimum absolute atomic E-state index is 0.363. The fourth-order valence-electron chi connectivity index (χ4n) is 2.22. The number of carbonyl (C=O) groups excluding carboxylic acids is 1. The van der Waals surface area contributed by atoms with Crippen LogP contribution in [-0.2, 0) is 4.74 Å². The molecule has 2 aromatic carbocycles. The number of nitrogens with one attached hydrogen (secondary N) is 1. The molecule has 0 bridgehead atoms. The third kappa shape index (κ3) is 1.72. The SMILES string of the molecule is COC(=O)c1ccc2c(c1)[nH]c1ccc(C#N)cc12. The standard InChI is InChI=1S/C15H10N2O2/c1-19-15(18)10-3-4-11-12-6-9(8-16)2-5-13(12)17-14(11)7-10/h2-7,17H,1H3. The molecule has 0 amide bonds. The van der Waals surface area contributed by atoms with Gasteiger partial charge in [-0.2, -0.15) is 5.26 Å². The molecule has 0 aliphatic rings. The molecule has 92 valence electrons. The van der Waals surface area contributed by atoms with Crippen LogP contribution in [0.3, 0.4) is 0 Å². The number of hydrogen-bond acceptors (Lipinski definition) is 3. The molecule has 0 saturated heterocycles. The summed E-state index contributed by atoms with van der Waals surface area (Å²) in [5, 5.41) is 10.9. The quantitative estimate of drug-likeness (QED) is 0.675. The molecule has 0 aliphatic carbocycles. The number of methoxy groups -OCH3 is 1. The largest absolute Gasteiger partial charge is 0.465 e. The highest BCUT2D eigenvalue weighted by molar-refractivity contribution is 6.09. The van der Waals surface area contributed by atoms with E-state index in [1.165, 1.54) is 7.11 Å². The van der Waals surface area contributed by atoms with Gasteiger partial charge in [0.1, 0.15) is 0 Å². The van der Waals surface area contributed by atoms with Crippen molar-refractivity contribution in [2.75, 3.05) is 7.11 Å². The van der Waals surface area contributed by atoms with Crippen molar-refractivity contribution in [2.24, 2.45) is 0 Å². The van der Waals surface area contributed by atoms with Crippen molar-refractivity contribution in [1.82, 2.24) is 4.98 Å². The number of carbonyl (C=O) groups is 1. The Balaban J connectivity index is 2.29. The lowest BCUT2D eigenvalue weighted by Gasteiger charge is -1.98. The van der Waals surface area contributed by atoms with E-state index in [1.807, 2.05) is 18.2 Å². The lowest BCUT2D eigenvalue weighted by molar-refractivity contribution is 0.0601. The van der Waals surface area contributed by atoms with Gasteiger partial charge in [0.15, 0.2) is 0 Å². The van der Waals surface area contributed by atoms with E-state index in [9.17, 15) is 4.79 Å². The van der Waals surface area contributed by atoms with Gasteiger partial charge in [0.2, 0.25) is 0 Å². The minimum Gasteiger partial charge on any atom is -0.465 e. The van der Waals surface area contributed by atoms with E-state index in [-0.39, 0.29) is 5.97 Å². The topological polar surface area (TPSA) is 65.9 Å². The molecular weight excluding hydrogens is 240 g/mol. The molecule has 0 saturated carbocycles. The van der Waals surface area contributed by atoms with E-state index >= 15 is 0 Å². The summed E-state index contributed by atoms with van der Waals surface area (Å²) in [7, 11) is 1.36. The number of hydrogen-bond donors (Lipinski definition) is 1. The number of ether oxygens (including phenoxy) is 1. The van der Waals surface area contributed by atoms with E-state index in [2.05, 4.69) is 11.1 Å². The third-order valence-electron chi connectivity index (χ3n) is 3.15. The summed E-state index contributed by atoms with van der Waals surface area (Å²) < 4.78 is 4.70. The number of fused-ring (bicyclic) bond motifs is 3. The van der Waals surface area contributed by atoms with E-state index in [0.29, 0.717) is 11.1 Å². The van der Waals surface area contributed by atoms with Gasteiger partial charge in [-0.3, -0.25) is 0 Å². The number of aromatic nitrogens is 1. The van der Waals surface area contributed by atoms with Crippen LogP contribution >= 0.6 is 0 Å². The van der Waals surface area contributed by atoms with Crippen LogP contribution in [0.25, 0.3) is 21.8 Å². The highest BCUT2D eigenvalue weighted by atomic mass is 16.5. The van der Waals surface area contributed by atoms with Gasteiger partial charge in [-0.25, -0.2) is 4.79 Å². The Bertz CT molecular complexity index is 840. The number of H-pyrrole nitrogens is 1. The van der Waals surface area contributed by atoms with Crippen LogP contribution in [0.15, 0.2) is 36.4 Å². The van der Waals surface area contributed by atoms with Crippen LogP contribution in [0, 0.1) is 11.3 Å². The van der Waals surface area contributed by atoms with Gasteiger partial charge >= 0.3 is 5.97 Å². The van der Waals surface area contributed by atoms with Gasteiger partial charge in [0, 0.05) is 21.8 Å². The molecular formula is C15H10N2O2. The van der Waals surface area contributed by atoms with Gasteiger partial charge in [-0.05, 0) is 30.3 Å². The van der Waals surface area contributed by atoms with Gasteiger partial charge < -0.3 is 9.72 Å². The monoisotopic (exact) mass is 250 g/mol. The van der Waals surface area contributed by atoms with E-state index < -0.39 is 0 Å². The van der Waals surface area contributed by atoms with E-state index in [4.69, 9.17) is 10.00 Å². The van der Waals surface area contributed by atoms with Gasteiger partial charge in [-0.1, -0.05) is 6.07 Å². The van der Waals surface area contributed by atoms with Crippen LogP contribution in [0.1, 0.15) is 15.9 Å². The first-order valence-corrected chi connectivity index (χ1v) is 5.77. The predicted molar refractivity (Wildman–Crippen MR) is 71.9 cm³/mol. The molecule has 4 nitrogen and oxygen atoms in total. The van der Waals surface area contributed by atoms with E-state index in [1.54, 1.807) is 18.2 Å². The second-order valence-corrected chi connectivity index (χ2v) is 4.25. The van der Waals surface area contributed by atoms with Crippen LogP contribution in [0.4, 0.5) is 0 Å². The van der Waals surface area contributed by atoms with Crippen LogP contribution in [-0.4, -0.2) is 18.1 Å². The number of nitriles is 1. The maximum atomic E-state index is 11.5. The lowest BCUT2D eigenvalue weighted by atomic mass is 10.1. The summed E-state index contributed by atoms with van der Waals surface area (Å²) in [5.41, 5.74) is 2.91. The Hall–Kier alpha value is -2.80. The van der Waals surface area contributed by atoms with Gasteiger partial charge in [0.05, 0.1) is 24.3 Å². The van der Waals surface area contributed by atoms with Crippen molar-refractivity contribution in [3.8, 4) is 6.07 Å². The van der Waals surface area contributed by atoms with Crippen molar-refractivity contribution < 1.29 is 9.53 Å². The Labute approximate surface area is 109 Å². The zero-order valence-corrected chi connectivity index (χ0v) is 10.2. The maximum absolute atomic E-state index is 11.5. The smallest absolute Gasteiger partial charge is 0.337 e. The fraction of sp³-hybridized carbons (Fsp3) is 0.0667. The van der Waals surface area contributed by atoms with Crippen molar-refractivity contribution in [1.29, 1.82) is 5.26 Å². The zero-order valence-electron chi connectivity index (χ0n) is 10.2. The van der Waals surface area contributed by atoms with Crippen molar-refractivity contribution in [3.63, 3.8) is 0 Å². The van der Waals surface area contributed by atoms with Crippen molar-refractivity contribution >= 4 is 27.8 Å². The molecule has 0 fully saturated rings. The first-order chi connectivity index (χ1) is 9.22. The summed E-state index contributed by atoms with van der Waals surface area (Å²) in [6.45, 7) is 0. The number of aromatic amines is 1. The number of esters is 1. The zero-order chi connectivity index (χ0) is 13.4. The molecule has 4 heteroatoms. The molecule has 3 rings (SSSR count). The minimum atomic E-state index is -0.363. The summed E-state index contributed by atoms with van der Waals surface area (Å²) in [6, 6.07) is 12.9. The number of benzene rings is 2. The Kier molecular flexibility index (Phi) is 2.46. The first kappa shape index (κ1) is 11.3. The molecule has 0 atom stereocenters. The van der Waals surface area contributed by atoms with Gasteiger partial charge in [0.25, 0.3) is 0 Å². The van der Waals surface area contributed by atoms with E-state index in [0.717, 1.165) is 21.8 Å². The number of nitrogens with zero attached hydrogens (tertiary/aromatic N) is 1. The molecule has 1 heterocycles. The first-order valence-electron chi connectivity index (χ1n) is 5.77. The average Bonchev–Trinajstić information content (AvgIpc) is 2.82. The highest BCUT2D eigenvalue weighted by Crippen LogP contribution is 2.27. The molecule has 0 spiro atoms. The van der Waals surface area contributed by atoms with Crippen molar-refractivity contribution in [2.45, 2.75) is 0 Å². The van der Waals surface area contributed by atoms with Crippen molar-refractivity contribution in [3.05, 3.63) is 47.5 Å². The molecule has 1 aromatic heterocycles. The molecule has 3 aromatic rings. The second kappa shape index (κ2) is 4.14. The molecule has 0 unspecified atom stereocenters. The molecule has 0 radical (unpaired) electrons. The van der Waals surface area contributed by atoms with Crippen LogP contribution in [0.2, 0.25) is 0 Å². The fourth-order valence-corrected chi connectivity index (χ4v) is 2.22. The van der Waals surface area contributed by atoms with Crippen LogP contribution < -0.4 is 0 Å². The third-order valence-corrected chi connectivity index (χ3v) is 3.15. The molecule has 0 aliphatic heterocycles. The summed E-state index contributed by atoms with van der Waals surface area (Å²) in [6.07, 6.45) is 0. The van der Waals surface area contributed by atoms with Gasteiger partial charge in [-0.15, -0.1) is 0 Å². The second-order valence-electron chi connectivity index (χ2n) is 4.25.